The molecular weight excluding hydrogens is 248 g/mol. The van der Waals surface area contributed by atoms with Gasteiger partial charge in [0.1, 0.15) is 0 Å². The minimum Gasteiger partial charge on any atom is -0.392 e. The second-order valence-corrected chi connectivity index (χ2v) is 4.48. The second kappa shape index (κ2) is 6.20. The summed E-state index contributed by atoms with van der Waals surface area (Å²) in [5.74, 6) is -0.0299. The van der Waals surface area contributed by atoms with Crippen molar-refractivity contribution < 1.29 is 9.90 Å². The highest BCUT2D eigenvalue weighted by Gasteiger charge is 2.27. The lowest BCUT2D eigenvalue weighted by Gasteiger charge is -2.09. The lowest BCUT2D eigenvalue weighted by atomic mass is 10.2. The molecule has 1 saturated heterocycles. The topological polar surface area (TPSA) is 61.4 Å². The Labute approximate surface area is 104 Å². The standard InChI is InChI=1S/C10H14N2O2S.ClH/c13-8-3-9(11-5-8)10(14)12-4-7-1-2-15-6-7;/h1-2,6,8-9,11,13H,3-5H2,(H,12,14);1H/t8-,9-;/m1./s1. The average molecular weight is 263 g/mol. The van der Waals surface area contributed by atoms with Gasteiger partial charge in [-0.25, -0.2) is 0 Å². The fraction of sp³-hybridized carbons (Fsp3) is 0.500. The summed E-state index contributed by atoms with van der Waals surface area (Å²) in [6, 6.07) is 1.75. The summed E-state index contributed by atoms with van der Waals surface area (Å²) < 4.78 is 0. The van der Waals surface area contributed by atoms with E-state index in [0.29, 0.717) is 19.5 Å². The van der Waals surface area contributed by atoms with E-state index in [1.165, 1.54) is 0 Å². The van der Waals surface area contributed by atoms with Crippen molar-refractivity contribution in [1.29, 1.82) is 0 Å². The predicted octanol–water partition coefficient (Wildman–Crippen LogP) is 0.509. The van der Waals surface area contributed by atoms with Crippen molar-refractivity contribution in [1.82, 2.24) is 10.6 Å². The SMILES string of the molecule is Cl.O=C(NCc1ccsc1)[C@H]1C[C@@H](O)CN1. The number of rotatable bonds is 3. The number of carbonyl (C=O) groups excluding carboxylic acids is 1. The van der Waals surface area contributed by atoms with Crippen LogP contribution >= 0.6 is 23.7 Å². The van der Waals surface area contributed by atoms with Crippen LogP contribution in [-0.4, -0.2) is 29.7 Å². The van der Waals surface area contributed by atoms with E-state index in [0.717, 1.165) is 5.56 Å². The molecule has 0 spiro atoms. The Morgan fingerprint density at radius 3 is 3.06 bits per heavy atom. The van der Waals surface area contributed by atoms with Crippen molar-refractivity contribution >= 4 is 29.7 Å². The van der Waals surface area contributed by atoms with Gasteiger partial charge >= 0.3 is 0 Å². The fourth-order valence-corrected chi connectivity index (χ4v) is 2.29. The molecule has 0 saturated carbocycles. The third kappa shape index (κ3) is 3.45. The molecule has 1 aliphatic rings. The Balaban J connectivity index is 0.00000128. The quantitative estimate of drug-likeness (QED) is 0.744. The monoisotopic (exact) mass is 262 g/mol. The van der Waals surface area contributed by atoms with Gasteiger partial charge in [0, 0.05) is 13.1 Å². The fourth-order valence-electron chi connectivity index (χ4n) is 1.62. The van der Waals surface area contributed by atoms with Gasteiger partial charge in [-0.15, -0.1) is 12.4 Å². The minimum absolute atomic E-state index is 0. The molecule has 0 aliphatic carbocycles. The van der Waals surface area contributed by atoms with Crippen molar-refractivity contribution in [2.45, 2.75) is 25.1 Å². The maximum atomic E-state index is 11.6. The molecule has 2 atom stereocenters. The van der Waals surface area contributed by atoms with Gasteiger partial charge in [0.2, 0.25) is 5.91 Å². The highest BCUT2D eigenvalue weighted by atomic mass is 35.5. The summed E-state index contributed by atoms with van der Waals surface area (Å²) in [6.45, 7) is 1.08. The largest absolute Gasteiger partial charge is 0.392 e. The molecule has 2 rings (SSSR count). The molecule has 2 heterocycles. The molecular formula is C10H15ClN2O2S. The number of carbonyl (C=O) groups is 1. The van der Waals surface area contributed by atoms with Gasteiger partial charge in [-0.1, -0.05) is 0 Å². The van der Waals surface area contributed by atoms with Crippen molar-refractivity contribution in [3.8, 4) is 0 Å². The van der Waals surface area contributed by atoms with Gasteiger partial charge in [-0.3, -0.25) is 4.79 Å². The van der Waals surface area contributed by atoms with Crippen LogP contribution in [0.2, 0.25) is 0 Å². The molecule has 1 amide bonds. The van der Waals surface area contributed by atoms with Crippen LogP contribution in [0.25, 0.3) is 0 Å². The lowest BCUT2D eigenvalue weighted by molar-refractivity contribution is -0.123. The summed E-state index contributed by atoms with van der Waals surface area (Å²) in [4.78, 5) is 11.6. The molecule has 0 aromatic carbocycles. The van der Waals surface area contributed by atoms with Crippen molar-refractivity contribution in [3.05, 3.63) is 22.4 Å². The van der Waals surface area contributed by atoms with Gasteiger partial charge in [0.15, 0.2) is 0 Å². The zero-order valence-electron chi connectivity index (χ0n) is 8.68. The zero-order chi connectivity index (χ0) is 10.7. The highest BCUT2D eigenvalue weighted by molar-refractivity contribution is 7.07. The van der Waals surface area contributed by atoms with Crippen molar-refractivity contribution in [2.24, 2.45) is 0 Å². The molecule has 0 radical (unpaired) electrons. The molecule has 4 nitrogen and oxygen atoms in total. The second-order valence-electron chi connectivity index (χ2n) is 3.70. The number of hydrogen-bond donors (Lipinski definition) is 3. The maximum absolute atomic E-state index is 11.6. The van der Waals surface area contributed by atoms with E-state index >= 15 is 0 Å². The summed E-state index contributed by atoms with van der Waals surface area (Å²) in [6.07, 6.45) is 0.122. The van der Waals surface area contributed by atoms with Crippen molar-refractivity contribution in [3.63, 3.8) is 0 Å². The lowest BCUT2D eigenvalue weighted by Crippen LogP contribution is -2.39. The molecule has 0 unspecified atom stereocenters. The van der Waals surface area contributed by atoms with Crippen molar-refractivity contribution in [2.75, 3.05) is 6.54 Å². The van der Waals surface area contributed by atoms with Gasteiger partial charge < -0.3 is 15.7 Å². The Morgan fingerprint density at radius 1 is 1.69 bits per heavy atom. The van der Waals surface area contributed by atoms with Crippen LogP contribution in [0.1, 0.15) is 12.0 Å². The Morgan fingerprint density at radius 2 is 2.50 bits per heavy atom. The Kier molecular flexibility index (Phi) is 5.21. The van der Waals surface area contributed by atoms with Gasteiger partial charge in [-0.05, 0) is 28.8 Å². The summed E-state index contributed by atoms with van der Waals surface area (Å²) >= 11 is 1.62. The molecule has 6 heteroatoms. The van der Waals surface area contributed by atoms with E-state index in [9.17, 15) is 9.90 Å². The number of β-amino-alcohol motifs (C(OH)–C–C–N with tert-alkyl or cyclic N) is 1. The summed E-state index contributed by atoms with van der Waals surface area (Å²) in [7, 11) is 0. The molecule has 1 aromatic heterocycles. The summed E-state index contributed by atoms with van der Waals surface area (Å²) in [5, 5.41) is 19.1. The molecule has 16 heavy (non-hydrogen) atoms. The van der Waals surface area contributed by atoms with E-state index in [4.69, 9.17) is 0 Å². The van der Waals surface area contributed by atoms with Crippen LogP contribution in [0.4, 0.5) is 0 Å². The van der Waals surface area contributed by atoms with Crippen LogP contribution < -0.4 is 10.6 Å². The van der Waals surface area contributed by atoms with Crippen LogP contribution in [0.15, 0.2) is 16.8 Å². The van der Waals surface area contributed by atoms with E-state index in [1.807, 2.05) is 16.8 Å². The molecule has 1 fully saturated rings. The van der Waals surface area contributed by atoms with E-state index in [-0.39, 0.29) is 30.5 Å². The number of halogens is 1. The number of thiophene rings is 1. The van der Waals surface area contributed by atoms with E-state index < -0.39 is 0 Å². The first-order chi connectivity index (χ1) is 7.25. The number of nitrogens with one attached hydrogen (secondary N) is 2. The van der Waals surface area contributed by atoms with Crippen LogP contribution in [-0.2, 0) is 11.3 Å². The molecule has 90 valence electrons. The third-order valence-electron chi connectivity index (χ3n) is 2.47. The van der Waals surface area contributed by atoms with Gasteiger partial charge in [0.05, 0.1) is 12.1 Å². The summed E-state index contributed by atoms with van der Waals surface area (Å²) in [5.41, 5.74) is 1.12. The first-order valence-electron chi connectivity index (χ1n) is 4.96. The molecule has 1 aromatic rings. The zero-order valence-corrected chi connectivity index (χ0v) is 10.3. The van der Waals surface area contributed by atoms with Crippen LogP contribution in [0.3, 0.4) is 0 Å². The third-order valence-corrected chi connectivity index (χ3v) is 3.20. The number of hydrogen-bond acceptors (Lipinski definition) is 4. The first-order valence-corrected chi connectivity index (χ1v) is 5.90. The van der Waals surface area contributed by atoms with Gasteiger partial charge in [0.25, 0.3) is 0 Å². The normalized spacial score (nSPS) is 23.8. The molecule has 1 aliphatic heterocycles. The van der Waals surface area contributed by atoms with E-state index in [1.54, 1.807) is 11.3 Å². The number of aliphatic hydroxyl groups is 1. The van der Waals surface area contributed by atoms with Crippen LogP contribution in [0.5, 0.6) is 0 Å². The molecule has 0 bridgehead atoms. The van der Waals surface area contributed by atoms with Gasteiger partial charge in [-0.2, -0.15) is 11.3 Å². The highest BCUT2D eigenvalue weighted by Crippen LogP contribution is 2.08. The number of aliphatic hydroxyl groups excluding tert-OH is 1. The smallest absolute Gasteiger partial charge is 0.237 e. The minimum atomic E-state index is -0.387. The Hall–Kier alpha value is -0.620. The Bertz CT molecular complexity index is 332. The molecule has 3 N–H and O–H groups in total. The maximum Gasteiger partial charge on any atom is 0.237 e. The van der Waals surface area contributed by atoms with Crippen LogP contribution in [0, 0.1) is 0 Å². The number of amides is 1. The predicted molar refractivity (Wildman–Crippen MR) is 65.8 cm³/mol. The van der Waals surface area contributed by atoms with E-state index in [2.05, 4.69) is 10.6 Å². The average Bonchev–Trinajstić information content (AvgIpc) is 2.84. The first kappa shape index (κ1) is 13.4.